The summed E-state index contributed by atoms with van der Waals surface area (Å²) in [6, 6.07) is 26.3. The maximum atomic E-state index is 12.6. The van der Waals surface area contributed by atoms with Gasteiger partial charge in [0, 0.05) is 30.5 Å². The van der Waals surface area contributed by atoms with Crippen molar-refractivity contribution in [2.75, 3.05) is 23.3 Å². The van der Waals surface area contributed by atoms with Gasteiger partial charge in [0.05, 0.1) is 16.7 Å². The molecule has 3 aromatic carbocycles. The van der Waals surface area contributed by atoms with E-state index in [1.165, 1.54) is 0 Å². The number of aromatic amines is 1. The molecule has 0 bridgehead atoms. The number of para-hydroxylation sites is 3. The molecule has 1 aliphatic heterocycles. The summed E-state index contributed by atoms with van der Waals surface area (Å²) >= 11 is 0. The molecule has 0 aliphatic carbocycles. The van der Waals surface area contributed by atoms with Crippen molar-refractivity contribution in [3.05, 3.63) is 95.7 Å². The predicted octanol–water partition coefficient (Wildman–Crippen LogP) is 4.50. The fourth-order valence-corrected chi connectivity index (χ4v) is 4.75. The Bertz CT molecular complexity index is 1480. The number of nitrogens with one attached hydrogen (secondary N) is 2. The monoisotopic (exact) mass is 451 g/mol. The summed E-state index contributed by atoms with van der Waals surface area (Å²) in [5.41, 5.74) is 4.92. The van der Waals surface area contributed by atoms with Gasteiger partial charge in [-0.25, -0.2) is 9.48 Å². The molecular weight excluding hydrogens is 426 g/mol. The van der Waals surface area contributed by atoms with Gasteiger partial charge in [-0.1, -0.05) is 36.4 Å². The average Bonchev–Trinajstić information content (AvgIpc) is 3.48. The molecule has 0 unspecified atom stereocenters. The molecule has 170 valence electrons. The first-order valence-electron chi connectivity index (χ1n) is 11.5. The third-order valence-corrected chi connectivity index (χ3v) is 6.43. The second-order valence-corrected chi connectivity index (χ2v) is 8.56. The van der Waals surface area contributed by atoms with Crippen molar-refractivity contribution in [1.82, 2.24) is 24.3 Å². The summed E-state index contributed by atoms with van der Waals surface area (Å²) in [5.74, 6) is 0.557. The van der Waals surface area contributed by atoms with Crippen LogP contribution in [0.5, 0.6) is 0 Å². The van der Waals surface area contributed by atoms with Crippen molar-refractivity contribution in [2.24, 2.45) is 0 Å². The lowest BCUT2D eigenvalue weighted by Gasteiger charge is -2.34. The Morgan fingerprint density at radius 3 is 2.50 bits per heavy atom. The second kappa shape index (κ2) is 8.55. The molecule has 2 N–H and O–H groups in total. The number of nitrogens with zero attached hydrogens (tertiary/aromatic N) is 5. The van der Waals surface area contributed by atoms with Crippen LogP contribution in [0, 0.1) is 0 Å². The van der Waals surface area contributed by atoms with Crippen LogP contribution in [0.25, 0.3) is 16.7 Å². The maximum absolute atomic E-state index is 12.6. The fraction of sp³-hybridized carbons (Fsp3) is 0.192. The highest BCUT2D eigenvalue weighted by atomic mass is 16.1. The summed E-state index contributed by atoms with van der Waals surface area (Å²) in [5, 5.41) is 7.80. The van der Waals surface area contributed by atoms with Crippen LogP contribution in [0.2, 0.25) is 0 Å². The van der Waals surface area contributed by atoms with Crippen LogP contribution < -0.4 is 15.9 Å². The van der Waals surface area contributed by atoms with E-state index in [-0.39, 0.29) is 11.7 Å². The Balaban J connectivity index is 1.17. The number of hydrogen-bond acceptors (Lipinski definition) is 5. The van der Waals surface area contributed by atoms with Crippen LogP contribution in [0.4, 0.5) is 17.3 Å². The number of benzene rings is 3. The van der Waals surface area contributed by atoms with Crippen LogP contribution >= 0.6 is 0 Å². The molecule has 1 aliphatic rings. The highest BCUT2D eigenvalue weighted by Gasteiger charge is 2.24. The molecule has 8 nitrogen and oxygen atoms in total. The van der Waals surface area contributed by atoms with Gasteiger partial charge in [-0.3, -0.25) is 4.57 Å². The Hall–Kier alpha value is -4.33. The highest BCUT2D eigenvalue weighted by molar-refractivity contribution is 5.75. The van der Waals surface area contributed by atoms with Crippen LogP contribution in [0.3, 0.4) is 0 Å². The molecule has 1 saturated heterocycles. The molecule has 0 saturated carbocycles. The minimum atomic E-state index is -0.0206. The third kappa shape index (κ3) is 3.83. The van der Waals surface area contributed by atoms with E-state index in [9.17, 15) is 4.79 Å². The van der Waals surface area contributed by atoms with Gasteiger partial charge in [0.1, 0.15) is 6.33 Å². The molecule has 3 heterocycles. The van der Waals surface area contributed by atoms with Gasteiger partial charge in [0.25, 0.3) is 0 Å². The number of fused-ring (bicyclic) bond motifs is 1. The zero-order valence-corrected chi connectivity index (χ0v) is 18.6. The number of H-pyrrole nitrogens is 1. The van der Waals surface area contributed by atoms with Crippen molar-refractivity contribution in [1.29, 1.82) is 0 Å². The lowest BCUT2D eigenvalue weighted by atomic mass is 10.0. The first-order valence-corrected chi connectivity index (χ1v) is 11.5. The van der Waals surface area contributed by atoms with Gasteiger partial charge in [0.2, 0.25) is 5.95 Å². The molecule has 0 spiro atoms. The number of aromatic nitrogens is 5. The van der Waals surface area contributed by atoms with E-state index in [0.717, 1.165) is 54.0 Å². The minimum Gasteiger partial charge on any atom is -0.371 e. The van der Waals surface area contributed by atoms with Crippen LogP contribution in [0.15, 0.2) is 90.0 Å². The van der Waals surface area contributed by atoms with Crippen LogP contribution in [-0.4, -0.2) is 37.4 Å². The van der Waals surface area contributed by atoms with E-state index in [1.54, 1.807) is 11.0 Å². The largest absolute Gasteiger partial charge is 0.371 e. The maximum Gasteiger partial charge on any atom is 0.326 e. The molecule has 0 atom stereocenters. The number of rotatable bonds is 5. The van der Waals surface area contributed by atoms with Crippen molar-refractivity contribution in [3.8, 4) is 5.69 Å². The van der Waals surface area contributed by atoms with Gasteiger partial charge < -0.3 is 15.2 Å². The quantitative estimate of drug-likeness (QED) is 0.411. The lowest BCUT2D eigenvalue weighted by molar-refractivity contribution is 0.396. The van der Waals surface area contributed by atoms with Gasteiger partial charge in [-0.05, 0) is 55.3 Å². The summed E-state index contributed by atoms with van der Waals surface area (Å²) in [4.78, 5) is 22.3. The predicted molar refractivity (Wildman–Crippen MR) is 134 cm³/mol. The molecule has 34 heavy (non-hydrogen) atoms. The van der Waals surface area contributed by atoms with Crippen molar-refractivity contribution in [2.45, 2.75) is 18.9 Å². The Morgan fingerprint density at radius 1 is 0.882 bits per heavy atom. The highest BCUT2D eigenvalue weighted by Crippen LogP contribution is 2.29. The summed E-state index contributed by atoms with van der Waals surface area (Å²) < 4.78 is 3.72. The Morgan fingerprint density at radius 2 is 1.65 bits per heavy atom. The standard InChI is InChI=1S/C26H25N7O/c34-26-29-23-11-4-5-12-24(23)33(26)20-13-15-31(16-14-20)21-9-6-10-22(17-21)32-18-27-25(30-32)28-19-7-2-1-3-8-19/h1-12,17-18,20H,13-16H2,(H,28,30)(H,29,34). The van der Waals surface area contributed by atoms with E-state index in [2.05, 4.69) is 37.4 Å². The third-order valence-electron chi connectivity index (χ3n) is 6.43. The Kier molecular flexibility index (Phi) is 5.10. The molecule has 6 rings (SSSR count). The van der Waals surface area contributed by atoms with E-state index >= 15 is 0 Å². The van der Waals surface area contributed by atoms with Gasteiger partial charge in [-0.15, -0.1) is 5.10 Å². The van der Waals surface area contributed by atoms with Gasteiger partial charge in [-0.2, -0.15) is 4.98 Å². The summed E-state index contributed by atoms with van der Waals surface area (Å²) in [6.45, 7) is 1.77. The number of piperidine rings is 1. The SMILES string of the molecule is O=c1[nH]c2ccccc2n1C1CCN(c2cccc(-n3cnc(Nc4ccccc4)n3)c2)CC1. The number of hydrogen-bond donors (Lipinski definition) is 2. The van der Waals surface area contributed by atoms with Crippen molar-refractivity contribution in [3.63, 3.8) is 0 Å². The van der Waals surface area contributed by atoms with Crippen LogP contribution in [0.1, 0.15) is 18.9 Å². The second-order valence-electron chi connectivity index (χ2n) is 8.56. The summed E-state index contributed by atoms with van der Waals surface area (Å²) in [7, 11) is 0. The van der Waals surface area contributed by atoms with Gasteiger partial charge >= 0.3 is 5.69 Å². The first kappa shape index (κ1) is 20.3. The zero-order valence-electron chi connectivity index (χ0n) is 18.6. The topological polar surface area (TPSA) is 83.8 Å². The fourth-order valence-electron chi connectivity index (χ4n) is 4.75. The molecule has 8 heteroatoms. The normalized spacial score (nSPS) is 14.5. The van der Waals surface area contributed by atoms with Gasteiger partial charge in [0.15, 0.2) is 0 Å². The van der Waals surface area contributed by atoms with E-state index in [1.807, 2.05) is 71.3 Å². The van der Waals surface area contributed by atoms with Crippen LogP contribution in [-0.2, 0) is 0 Å². The van der Waals surface area contributed by atoms with E-state index in [4.69, 9.17) is 0 Å². The molecule has 2 aromatic heterocycles. The van der Waals surface area contributed by atoms with E-state index < -0.39 is 0 Å². The first-order chi connectivity index (χ1) is 16.7. The van der Waals surface area contributed by atoms with E-state index in [0.29, 0.717) is 5.95 Å². The molecule has 1 fully saturated rings. The summed E-state index contributed by atoms with van der Waals surface area (Å²) in [6.07, 6.45) is 3.56. The lowest BCUT2D eigenvalue weighted by Crippen LogP contribution is -2.37. The minimum absolute atomic E-state index is 0.0206. The molecule has 5 aromatic rings. The van der Waals surface area contributed by atoms with Crippen molar-refractivity contribution >= 4 is 28.4 Å². The molecule has 0 amide bonds. The average molecular weight is 452 g/mol. The smallest absolute Gasteiger partial charge is 0.326 e. The number of anilines is 3. The Labute approximate surface area is 196 Å². The molecule has 0 radical (unpaired) electrons. The molecular formula is C26H25N7O. The number of imidazole rings is 1. The zero-order chi connectivity index (χ0) is 22.9. The van der Waals surface area contributed by atoms with Crippen molar-refractivity contribution < 1.29 is 0 Å².